The number of aromatic nitrogens is 2. The zero-order chi connectivity index (χ0) is 14.9. The van der Waals surface area contributed by atoms with E-state index in [9.17, 15) is 0 Å². The summed E-state index contributed by atoms with van der Waals surface area (Å²) in [4.78, 5) is 8.65. The summed E-state index contributed by atoms with van der Waals surface area (Å²) < 4.78 is 5.35. The van der Waals surface area contributed by atoms with Crippen molar-refractivity contribution in [3.05, 3.63) is 42.2 Å². The number of methoxy groups -OCH3 is 1. The van der Waals surface area contributed by atoms with Gasteiger partial charge in [-0.2, -0.15) is 0 Å². The third-order valence-electron chi connectivity index (χ3n) is 3.08. The SMILES string of the molecule is CCCNc1cncc(NCCc2ccccc2OC)n1. The second-order valence-electron chi connectivity index (χ2n) is 4.70. The van der Waals surface area contributed by atoms with Gasteiger partial charge in [-0.1, -0.05) is 25.1 Å². The first kappa shape index (κ1) is 15.1. The first-order valence-corrected chi connectivity index (χ1v) is 7.25. The van der Waals surface area contributed by atoms with Crippen LogP contribution in [0.2, 0.25) is 0 Å². The quantitative estimate of drug-likeness (QED) is 0.781. The molecule has 2 rings (SSSR count). The smallest absolute Gasteiger partial charge is 0.146 e. The van der Waals surface area contributed by atoms with Crippen LogP contribution in [0.5, 0.6) is 5.75 Å². The summed E-state index contributed by atoms with van der Waals surface area (Å²) >= 11 is 0. The lowest BCUT2D eigenvalue weighted by molar-refractivity contribution is 0.410. The van der Waals surface area contributed by atoms with Crippen molar-refractivity contribution in [2.45, 2.75) is 19.8 Å². The monoisotopic (exact) mass is 286 g/mol. The zero-order valence-corrected chi connectivity index (χ0v) is 12.6. The van der Waals surface area contributed by atoms with E-state index in [0.29, 0.717) is 0 Å². The largest absolute Gasteiger partial charge is 0.496 e. The average molecular weight is 286 g/mol. The molecule has 1 heterocycles. The fourth-order valence-electron chi connectivity index (χ4n) is 2.02. The third kappa shape index (κ3) is 4.63. The van der Waals surface area contributed by atoms with Gasteiger partial charge in [0, 0.05) is 13.1 Å². The average Bonchev–Trinajstić information content (AvgIpc) is 2.54. The first-order chi connectivity index (χ1) is 10.3. The molecule has 0 radical (unpaired) electrons. The Labute approximate surface area is 125 Å². The molecule has 0 spiro atoms. The molecule has 0 fully saturated rings. The lowest BCUT2D eigenvalue weighted by Crippen LogP contribution is -2.09. The van der Waals surface area contributed by atoms with Crippen LogP contribution in [0.1, 0.15) is 18.9 Å². The van der Waals surface area contributed by atoms with Crippen LogP contribution in [0, 0.1) is 0 Å². The molecule has 0 atom stereocenters. The third-order valence-corrected chi connectivity index (χ3v) is 3.08. The standard InChI is InChI=1S/C16H22N4O/c1-3-9-18-15-11-17-12-16(20-15)19-10-8-13-6-4-5-7-14(13)21-2/h4-7,11-12H,3,8-10H2,1-2H3,(H2,18,19,20). The molecule has 0 aliphatic heterocycles. The maximum absolute atomic E-state index is 5.35. The zero-order valence-electron chi connectivity index (χ0n) is 12.6. The summed E-state index contributed by atoms with van der Waals surface area (Å²) in [7, 11) is 1.70. The van der Waals surface area contributed by atoms with Crippen molar-refractivity contribution < 1.29 is 4.74 Å². The van der Waals surface area contributed by atoms with Crippen LogP contribution in [-0.2, 0) is 6.42 Å². The van der Waals surface area contributed by atoms with E-state index < -0.39 is 0 Å². The second-order valence-corrected chi connectivity index (χ2v) is 4.70. The van der Waals surface area contributed by atoms with Gasteiger partial charge in [-0.15, -0.1) is 0 Å². The van der Waals surface area contributed by atoms with E-state index >= 15 is 0 Å². The molecule has 5 heteroatoms. The molecule has 1 aromatic heterocycles. The molecule has 21 heavy (non-hydrogen) atoms. The van der Waals surface area contributed by atoms with Crippen LogP contribution >= 0.6 is 0 Å². The van der Waals surface area contributed by atoms with Crippen molar-refractivity contribution in [1.29, 1.82) is 0 Å². The molecule has 0 amide bonds. The van der Waals surface area contributed by atoms with Gasteiger partial charge in [-0.25, -0.2) is 4.98 Å². The van der Waals surface area contributed by atoms with Gasteiger partial charge in [-0.05, 0) is 24.5 Å². The van der Waals surface area contributed by atoms with Gasteiger partial charge in [0.25, 0.3) is 0 Å². The summed E-state index contributed by atoms with van der Waals surface area (Å²) in [5.74, 6) is 2.51. The van der Waals surface area contributed by atoms with Crippen molar-refractivity contribution in [3.8, 4) is 5.75 Å². The molecule has 2 N–H and O–H groups in total. The molecule has 0 aliphatic rings. The maximum Gasteiger partial charge on any atom is 0.146 e. The fraction of sp³-hybridized carbons (Fsp3) is 0.375. The van der Waals surface area contributed by atoms with Crippen LogP contribution in [0.25, 0.3) is 0 Å². The molecule has 112 valence electrons. The van der Waals surface area contributed by atoms with Gasteiger partial charge in [0.2, 0.25) is 0 Å². The molecular formula is C16H22N4O. The van der Waals surface area contributed by atoms with Crippen LogP contribution < -0.4 is 15.4 Å². The number of benzene rings is 1. The van der Waals surface area contributed by atoms with Gasteiger partial charge < -0.3 is 15.4 Å². The summed E-state index contributed by atoms with van der Waals surface area (Å²) in [6.45, 7) is 3.81. The predicted molar refractivity (Wildman–Crippen MR) is 86.0 cm³/mol. The summed E-state index contributed by atoms with van der Waals surface area (Å²) in [5.41, 5.74) is 1.18. The van der Waals surface area contributed by atoms with Gasteiger partial charge >= 0.3 is 0 Å². The van der Waals surface area contributed by atoms with Crippen molar-refractivity contribution in [1.82, 2.24) is 9.97 Å². The first-order valence-electron chi connectivity index (χ1n) is 7.25. The highest BCUT2D eigenvalue weighted by atomic mass is 16.5. The van der Waals surface area contributed by atoms with E-state index in [2.05, 4.69) is 33.6 Å². The van der Waals surface area contributed by atoms with E-state index in [4.69, 9.17) is 4.74 Å². The Morgan fingerprint density at radius 3 is 2.48 bits per heavy atom. The number of anilines is 2. The molecular weight excluding hydrogens is 264 g/mol. The van der Waals surface area contributed by atoms with Gasteiger partial charge in [-0.3, -0.25) is 4.98 Å². The van der Waals surface area contributed by atoms with Crippen molar-refractivity contribution in [2.24, 2.45) is 0 Å². The molecule has 0 aliphatic carbocycles. The molecule has 1 aromatic carbocycles. The highest BCUT2D eigenvalue weighted by Crippen LogP contribution is 2.17. The molecule has 2 aromatic rings. The highest BCUT2D eigenvalue weighted by molar-refractivity contribution is 5.42. The molecule has 0 saturated carbocycles. The normalized spacial score (nSPS) is 10.2. The lowest BCUT2D eigenvalue weighted by Gasteiger charge is -2.10. The molecule has 5 nitrogen and oxygen atoms in total. The van der Waals surface area contributed by atoms with E-state index in [1.54, 1.807) is 19.5 Å². The maximum atomic E-state index is 5.35. The Morgan fingerprint density at radius 2 is 1.76 bits per heavy atom. The van der Waals surface area contributed by atoms with Crippen molar-refractivity contribution >= 4 is 11.6 Å². The summed E-state index contributed by atoms with van der Waals surface area (Å²) in [5, 5.41) is 6.52. The Morgan fingerprint density at radius 1 is 1.05 bits per heavy atom. The van der Waals surface area contributed by atoms with Gasteiger partial charge in [0.15, 0.2) is 0 Å². The fourth-order valence-corrected chi connectivity index (χ4v) is 2.02. The Balaban J connectivity index is 1.88. The number of ether oxygens (including phenoxy) is 1. The van der Waals surface area contributed by atoms with E-state index in [1.807, 2.05) is 18.2 Å². The van der Waals surface area contributed by atoms with Crippen LogP contribution in [-0.4, -0.2) is 30.2 Å². The number of hydrogen-bond acceptors (Lipinski definition) is 5. The van der Waals surface area contributed by atoms with E-state index in [-0.39, 0.29) is 0 Å². The minimum atomic E-state index is 0.783. The van der Waals surface area contributed by atoms with E-state index in [1.165, 1.54) is 5.56 Å². The van der Waals surface area contributed by atoms with Crippen LogP contribution in [0.3, 0.4) is 0 Å². The number of nitrogens with zero attached hydrogens (tertiary/aromatic N) is 2. The Kier molecular flexibility index (Phi) is 5.82. The minimum absolute atomic E-state index is 0.783. The van der Waals surface area contributed by atoms with Crippen LogP contribution in [0.15, 0.2) is 36.7 Å². The Bertz CT molecular complexity index is 559. The lowest BCUT2D eigenvalue weighted by atomic mass is 10.1. The summed E-state index contributed by atoms with van der Waals surface area (Å²) in [6.07, 6.45) is 5.41. The predicted octanol–water partition coefficient (Wildman–Crippen LogP) is 2.96. The van der Waals surface area contributed by atoms with Gasteiger partial charge in [0.1, 0.15) is 17.4 Å². The number of nitrogens with one attached hydrogen (secondary N) is 2. The van der Waals surface area contributed by atoms with Crippen LogP contribution in [0.4, 0.5) is 11.6 Å². The highest BCUT2D eigenvalue weighted by Gasteiger charge is 2.02. The number of para-hydroxylation sites is 1. The van der Waals surface area contributed by atoms with E-state index in [0.717, 1.165) is 43.3 Å². The van der Waals surface area contributed by atoms with Crippen molar-refractivity contribution in [3.63, 3.8) is 0 Å². The minimum Gasteiger partial charge on any atom is -0.496 e. The number of hydrogen-bond donors (Lipinski definition) is 2. The molecule has 0 unspecified atom stereocenters. The molecule has 0 bridgehead atoms. The topological polar surface area (TPSA) is 59.1 Å². The van der Waals surface area contributed by atoms with Gasteiger partial charge in [0.05, 0.1) is 19.5 Å². The second kappa shape index (κ2) is 8.09. The van der Waals surface area contributed by atoms with Crippen molar-refractivity contribution in [2.75, 3.05) is 30.8 Å². The Hall–Kier alpha value is -2.30. The molecule has 0 saturated heterocycles. The summed E-state index contributed by atoms with van der Waals surface area (Å²) in [6, 6.07) is 8.05. The number of rotatable bonds is 8.